The molecule has 2 rings (SSSR count). The number of aromatic nitrogens is 1. The number of likely N-dealkylation sites (N-methyl/N-ethyl adjacent to an activating group) is 2. The molecule has 1 aromatic carbocycles. The normalized spacial score (nSPS) is 13.1. The molecule has 3 heteroatoms. The highest BCUT2D eigenvalue weighted by molar-refractivity contribution is 5.78. The van der Waals surface area contributed by atoms with Gasteiger partial charge in [-0.15, -0.1) is 0 Å². The van der Waals surface area contributed by atoms with Gasteiger partial charge in [0.2, 0.25) is 0 Å². The van der Waals surface area contributed by atoms with Crippen molar-refractivity contribution < 1.29 is 0 Å². The molecule has 2 aromatic rings. The minimum absolute atomic E-state index is 0.335. The Morgan fingerprint density at radius 2 is 2.06 bits per heavy atom. The van der Waals surface area contributed by atoms with Gasteiger partial charge in [-0.25, -0.2) is 0 Å². The molecule has 1 unspecified atom stereocenters. The first-order chi connectivity index (χ1) is 8.70. The molecule has 18 heavy (non-hydrogen) atoms. The minimum Gasteiger partial charge on any atom is -0.309 e. The number of nitrogens with zero attached hydrogens (tertiary/aromatic N) is 2. The average molecular weight is 243 g/mol. The molecule has 96 valence electrons. The van der Waals surface area contributed by atoms with Gasteiger partial charge in [-0.05, 0) is 38.3 Å². The van der Waals surface area contributed by atoms with E-state index in [2.05, 4.69) is 54.4 Å². The largest absolute Gasteiger partial charge is 0.309 e. The zero-order chi connectivity index (χ0) is 13.0. The maximum atomic E-state index is 4.53. The lowest BCUT2D eigenvalue weighted by Gasteiger charge is -2.22. The Morgan fingerprint density at radius 3 is 2.78 bits per heavy atom. The van der Waals surface area contributed by atoms with Crippen molar-refractivity contribution in [3.8, 4) is 0 Å². The summed E-state index contributed by atoms with van der Waals surface area (Å²) in [6.07, 6.45) is 1.99. The van der Waals surface area contributed by atoms with Crippen molar-refractivity contribution in [3.63, 3.8) is 0 Å². The number of fused-ring (bicyclic) bond motifs is 1. The van der Waals surface area contributed by atoms with E-state index in [1.807, 2.05) is 18.3 Å². The van der Waals surface area contributed by atoms with Crippen molar-refractivity contribution in [2.24, 2.45) is 0 Å². The highest BCUT2D eigenvalue weighted by Crippen LogP contribution is 2.18. The lowest BCUT2D eigenvalue weighted by Crippen LogP contribution is -2.31. The van der Waals surface area contributed by atoms with Crippen molar-refractivity contribution in [2.45, 2.75) is 13.0 Å². The van der Waals surface area contributed by atoms with E-state index in [1.165, 1.54) is 10.9 Å². The minimum atomic E-state index is 0.335. The summed E-state index contributed by atoms with van der Waals surface area (Å²) in [7, 11) is 4.19. The molecule has 0 aliphatic rings. The molecular formula is C15H21N3. The fourth-order valence-electron chi connectivity index (χ4n) is 2.18. The van der Waals surface area contributed by atoms with Crippen LogP contribution in [0.15, 0.2) is 36.5 Å². The number of benzene rings is 1. The highest BCUT2D eigenvalue weighted by Gasteiger charge is 2.12. The molecule has 0 aliphatic carbocycles. The number of rotatable bonds is 5. The molecular weight excluding hydrogens is 222 g/mol. The summed E-state index contributed by atoms with van der Waals surface area (Å²) >= 11 is 0. The molecule has 3 nitrogen and oxygen atoms in total. The van der Waals surface area contributed by atoms with Gasteiger partial charge >= 0.3 is 0 Å². The van der Waals surface area contributed by atoms with E-state index in [0.717, 1.165) is 18.6 Å². The molecule has 0 amide bonds. The third-order valence-electron chi connectivity index (χ3n) is 3.01. The van der Waals surface area contributed by atoms with Crippen molar-refractivity contribution >= 4 is 10.9 Å². The van der Waals surface area contributed by atoms with Gasteiger partial charge in [0, 0.05) is 24.2 Å². The molecule has 0 fully saturated rings. The number of nitrogens with one attached hydrogen (secondary N) is 1. The summed E-state index contributed by atoms with van der Waals surface area (Å²) in [5, 5.41) is 4.72. The van der Waals surface area contributed by atoms with Crippen LogP contribution >= 0.6 is 0 Å². The van der Waals surface area contributed by atoms with E-state index in [9.17, 15) is 0 Å². The van der Waals surface area contributed by atoms with E-state index in [0.29, 0.717) is 6.04 Å². The third kappa shape index (κ3) is 3.06. The second kappa shape index (κ2) is 5.94. The molecule has 1 aromatic heterocycles. The van der Waals surface area contributed by atoms with Gasteiger partial charge < -0.3 is 10.2 Å². The van der Waals surface area contributed by atoms with Gasteiger partial charge in [0.15, 0.2) is 0 Å². The Kier molecular flexibility index (Phi) is 4.28. The smallest absolute Gasteiger partial charge is 0.0702 e. The maximum Gasteiger partial charge on any atom is 0.0702 e. The summed E-state index contributed by atoms with van der Waals surface area (Å²) < 4.78 is 0. The van der Waals surface area contributed by atoms with Crippen molar-refractivity contribution in [3.05, 3.63) is 42.1 Å². The predicted octanol–water partition coefficient (Wildman–Crippen LogP) is 2.45. The first-order valence-electron chi connectivity index (χ1n) is 6.43. The lowest BCUT2D eigenvalue weighted by molar-refractivity contribution is 0.345. The second-order valence-corrected chi connectivity index (χ2v) is 4.83. The summed E-state index contributed by atoms with van der Waals surface area (Å²) in [6, 6.07) is 10.8. The van der Waals surface area contributed by atoms with E-state index >= 15 is 0 Å². The van der Waals surface area contributed by atoms with Gasteiger partial charge in [0.25, 0.3) is 0 Å². The number of para-hydroxylation sites is 1. The third-order valence-corrected chi connectivity index (χ3v) is 3.01. The summed E-state index contributed by atoms with van der Waals surface area (Å²) in [5.41, 5.74) is 2.31. The SMILES string of the molecule is CCNC(CN(C)C)c1cnc2ccccc2c1. The molecule has 0 saturated heterocycles. The van der Waals surface area contributed by atoms with Crippen LogP contribution in [0, 0.1) is 0 Å². The Balaban J connectivity index is 2.31. The van der Waals surface area contributed by atoms with Gasteiger partial charge in [-0.1, -0.05) is 25.1 Å². The van der Waals surface area contributed by atoms with E-state index < -0.39 is 0 Å². The first kappa shape index (κ1) is 13.0. The number of hydrogen-bond donors (Lipinski definition) is 1. The Labute approximate surface area is 109 Å². The van der Waals surface area contributed by atoms with Gasteiger partial charge in [0.05, 0.1) is 5.52 Å². The molecule has 1 atom stereocenters. The van der Waals surface area contributed by atoms with Crippen LogP contribution in [0.2, 0.25) is 0 Å². The van der Waals surface area contributed by atoms with Crippen LogP contribution in [-0.4, -0.2) is 37.1 Å². The average Bonchev–Trinajstić information content (AvgIpc) is 2.37. The molecule has 1 N–H and O–H groups in total. The van der Waals surface area contributed by atoms with Crippen molar-refractivity contribution in [1.29, 1.82) is 0 Å². The van der Waals surface area contributed by atoms with Gasteiger partial charge in [-0.2, -0.15) is 0 Å². The number of pyridine rings is 1. The van der Waals surface area contributed by atoms with Crippen LogP contribution in [0.5, 0.6) is 0 Å². The van der Waals surface area contributed by atoms with Crippen LogP contribution in [-0.2, 0) is 0 Å². The molecule has 0 radical (unpaired) electrons. The van der Waals surface area contributed by atoms with Crippen molar-refractivity contribution in [2.75, 3.05) is 27.2 Å². The van der Waals surface area contributed by atoms with E-state index in [1.54, 1.807) is 0 Å². The van der Waals surface area contributed by atoms with Crippen LogP contribution in [0.25, 0.3) is 10.9 Å². The van der Waals surface area contributed by atoms with E-state index in [-0.39, 0.29) is 0 Å². The Morgan fingerprint density at radius 1 is 1.28 bits per heavy atom. The maximum absolute atomic E-state index is 4.53. The van der Waals surface area contributed by atoms with E-state index in [4.69, 9.17) is 0 Å². The monoisotopic (exact) mass is 243 g/mol. The summed E-state index contributed by atoms with van der Waals surface area (Å²) in [4.78, 5) is 6.73. The quantitative estimate of drug-likeness (QED) is 0.874. The molecule has 0 spiro atoms. The van der Waals surface area contributed by atoms with Crippen LogP contribution in [0.4, 0.5) is 0 Å². The zero-order valence-electron chi connectivity index (χ0n) is 11.4. The molecule has 0 bridgehead atoms. The fraction of sp³-hybridized carbons (Fsp3) is 0.400. The van der Waals surface area contributed by atoms with Gasteiger partial charge in [0.1, 0.15) is 0 Å². The zero-order valence-corrected chi connectivity index (χ0v) is 11.4. The Bertz CT molecular complexity index is 508. The molecule has 0 aliphatic heterocycles. The lowest BCUT2D eigenvalue weighted by atomic mass is 10.1. The first-order valence-corrected chi connectivity index (χ1v) is 6.43. The van der Waals surface area contributed by atoms with Gasteiger partial charge in [-0.3, -0.25) is 4.98 Å². The Hall–Kier alpha value is -1.45. The predicted molar refractivity (Wildman–Crippen MR) is 76.7 cm³/mol. The second-order valence-electron chi connectivity index (χ2n) is 4.83. The summed E-state index contributed by atoms with van der Waals surface area (Å²) in [5.74, 6) is 0. The highest BCUT2D eigenvalue weighted by atomic mass is 15.1. The fourth-order valence-corrected chi connectivity index (χ4v) is 2.18. The topological polar surface area (TPSA) is 28.2 Å². The van der Waals surface area contributed by atoms with Crippen LogP contribution in [0.3, 0.4) is 0 Å². The number of hydrogen-bond acceptors (Lipinski definition) is 3. The van der Waals surface area contributed by atoms with Crippen molar-refractivity contribution in [1.82, 2.24) is 15.2 Å². The standard InChI is InChI=1S/C15H21N3/c1-4-16-15(11-18(2)3)13-9-12-7-5-6-8-14(12)17-10-13/h5-10,15-16H,4,11H2,1-3H3. The van der Waals surface area contributed by atoms with Crippen LogP contribution in [0.1, 0.15) is 18.5 Å². The molecule has 0 saturated carbocycles. The summed E-state index contributed by atoms with van der Waals surface area (Å²) in [6.45, 7) is 4.08. The molecule has 1 heterocycles. The van der Waals surface area contributed by atoms with Crippen LogP contribution < -0.4 is 5.32 Å².